The van der Waals surface area contributed by atoms with Gasteiger partial charge in [0.25, 0.3) is 6.29 Å². The zero-order chi connectivity index (χ0) is 25.5. The summed E-state index contributed by atoms with van der Waals surface area (Å²) in [5, 5.41) is 0. The number of carbonyl (C=O) groups is 2. The van der Waals surface area contributed by atoms with E-state index >= 15 is 0 Å². The van der Waals surface area contributed by atoms with E-state index in [4.69, 9.17) is 19.3 Å². The molecule has 0 saturated carbocycles. The molecule has 0 amide bonds. The molecule has 0 aromatic heterocycles. The van der Waals surface area contributed by atoms with Gasteiger partial charge in [0.1, 0.15) is 6.61 Å². The standard InChI is InChI=1S/C25H33O8P/c1-3-5-7-9-11-12-13-15-17-19-21-24(27)33-25(22-31-34(28,29)30)32-23(26)20-18-16-14-10-8-6-4-2/h25H,3,5,7,9,11-13,15,17,19,21-22H2,1-2H3,(H2,28,29,30)/t25-/m1/s1. The molecule has 1 atom stereocenters. The van der Waals surface area contributed by atoms with Crippen molar-refractivity contribution in [2.24, 2.45) is 0 Å². The minimum atomic E-state index is -4.86. The third-order valence-corrected chi connectivity index (χ3v) is 4.70. The van der Waals surface area contributed by atoms with Crippen LogP contribution >= 0.6 is 7.82 Å². The molecule has 0 saturated heterocycles. The summed E-state index contributed by atoms with van der Waals surface area (Å²) in [5.74, 6) is 16.9. The normalized spacial score (nSPS) is 10.6. The maximum Gasteiger partial charge on any atom is 0.469 e. The van der Waals surface area contributed by atoms with E-state index in [1.807, 2.05) is 5.92 Å². The second-order valence-corrected chi connectivity index (χ2v) is 8.41. The molecule has 0 aliphatic heterocycles. The molecule has 0 fully saturated rings. The highest BCUT2D eigenvalue weighted by atomic mass is 31.2. The van der Waals surface area contributed by atoms with Crippen molar-refractivity contribution >= 4 is 19.8 Å². The van der Waals surface area contributed by atoms with Crippen molar-refractivity contribution in [2.75, 3.05) is 6.61 Å². The molecule has 2 N–H and O–H groups in total. The number of hydrogen-bond donors (Lipinski definition) is 2. The largest absolute Gasteiger partial charge is 0.469 e. The molecule has 0 bridgehead atoms. The third-order valence-electron chi connectivity index (χ3n) is 4.22. The molecule has 0 aliphatic rings. The number of unbranched alkanes of at least 4 members (excludes halogenated alkanes) is 9. The first kappa shape index (κ1) is 31.3. The predicted molar refractivity (Wildman–Crippen MR) is 127 cm³/mol. The van der Waals surface area contributed by atoms with Crippen LogP contribution in [0.3, 0.4) is 0 Å². The zero-order valence-corrected chi connectivity index (χ0v) is 20.7. The van der Waals surface area contributed by atoms with Gasteiger partial charge in [-0.1, -0.05) is 70.6 Å². The van der Waals surface area contributed by atoms with Gasteiger partial charge < -0.3 is 19.3 Å². The maximum atomic E-state index is 12.0. The van der Waals surface area contributed by atoms with E-state index in [1.165, 1.54) is 38.5 Å². The average Bonchev–Trinajstić information content (AvgIpc) is 2.77. The molecule has 0 radical (unpaired) electrons. The fraction of sp³-hybridized carbons (Fsp3) is 0.600. The van der Waals surface area contributed by atoms with Crippen LogP contribution in [0, 0.1) is 47.4 Å². The van der Waals surface area contributed by atoms with Crippen LogP contribution in [0.25, 0.3) is 0 Å². The highest BCUT2D eigenvalue weighted by Crippen LogP contribution is 2.36. The van der Waals surface area contributed by atoms with E-state index in [0.29, 0.717) is 6.42 Å². The topological polar surface area (TPSA) is 119 Å². The molecule has 0 unspecified atom stereocenters. The second kappa shape index (κ2) is 20.9. The summed E-state index contributed by atoms with van der Waals surface area (Å²) >= 11 is 0. The Hall–Kier alpha value is -2.71. The number of carbonyl (C=O) groups excluding carboxylic acids is 2. The summed E-state index contributed by atoms with van der Waals surface area (Å²) in [6.45, 7) is 2.97. The van der Waals surface area contributed by atoms with Crippen LogP contribution in [0.2, 0.25) is 0 Å². The highest BCUT2D eigenvalue weighted by Gasteiger charge is 2.24. The predicted octanol–water partition coefficient (Wildman–Crippen LogP) is 3.85. The van der Waals surface area contributed by atoms with Crippen molar-refractivity contribution in [3.8, 4) is 47.4 Å². The van der Waals surface area contributed by atoms with Gasteiger partial charge in [0.05, 0.1) is 0 Å². The van der Waals surface area contributed by atoms with Gasteiger partial charge in [-0.05, 0) is 48.9 Å². The molecule has 0 aromatic rings. The fourth-order valence-corrected chi connectivity index (χ4v) is 2.95. The number of hydrogen-bond acceptors (Lipinski definition) is 6. The molecular formula is C25H33O8P. The first-order valence-corrected chi connectivity index (χ1v) is 12.8. The molecule has 0 aliphatic carbocycles. The Bertz CT molecular complexity index is 906. The molecule has 0 spiro atoms. The van der Waals surface area contributed by atoms with Gasteiger partial charge in [-0.15, -0.1) is 0 Å². The lowest BCUT2D eigenvalue weighted by atomic mass is 10.1. The molecule has 0 aromatic carbocycles. The molecule has 0 rings (SSSR count). The molecule has 34 heavy (non-hydrogen) atoms. The van der Waals surface area contributed by atoms with E-state index in [0.717, 1.165) is 19.3 Å². The first-order chi connectivity index (χ1) is 16.3. The SMILES string of the molecule is CC#CC#CC#CC#CC(=O)O[C@@H](COP(=O)(O)O)OC(=O)CCCCCCCCCCCC. The number of esters is 2. The monoisotopic (exact) mass is 492 g/mol. The van der Waals surface area contributed by atoms with E-state index < -0.39 is 32.7 Å². The van der Waals surface area contributed by atoms with Gasteiger partial charge in [-0.2, -0.15) is 0 Å². The van der Waals surface area contributed by atoms with Gasteiger partial charge >= 0.3 is 19.8 Å². The van der Waals surface area contributed by atoms with Crippen molar-refractivity contribution in [3.05, 3.63) is 0 Å². The summed E-state index contributed by atoms with van der Waals surface area (Å²) in [6.07, 6.45) is 9.44. The summed E-state index contributed by atoms with van der Waals surface area (Å²) in [7, 11) is -4.86. The Kier molecular flexibility index (Phi) is 19.2. The maximum absolute atomic E-state index is 12.0. The minimum Gasteiger partial charge on any atom is -0.422 e. The van der Waals surface area contributed by atoms with Crippen molar-refractivity contribution in [2.45, 2.75) is 90.8 Å². The Morgan fingerprint density at radius 1 is 0.794 bits per heavy atom. The van der Waals surface area contributed by atoms with Crippen molar-refractivity contribution < 1.29 is 37.9 Å². The quantitative estimate of drug-likeness (QED) is 0.0833. The van der Waals surface area contributed by atoms with Gasteiger partial charge in [0, 0.05) is 12.3 Å². The van der Waals surface area contributed by atoms with Crippen LogP contribution in [0.5, 0.6) is 0 Å². The summed E-state index contributed by atoms with van der Waals surface area (Å²) in [6, 6.07) is 0. The molecule has 9 heteroatoms. The lowest BCUT2D eigenvalue weighted by Crippen LogP contribution is -2.28. The lowest BCUT2D eigenvalue weighted by Gasteiger charge is -2.17. The van der Waals surface area contributed by atoms with E-state index in [1.54, 1.807) is 6.92 Å². The Morgan fingerprint density at radius 2 is 1.32 bits per heavy atom. The van der Waals surface area contributed by atoms with Crippen molar-refractivity contribution in [1.82, 2.24) is 0 Å². The van der Waals surface area contributed by atoms with Crippen LogP contribution in [-0.2, 0) is 28.2 Å². The molecule has 0 heterocycles. The molecule has 8 nitrogen and oxygen atoms in total. The van der Waals surface area contributed by atoms with Crippen molar-refractivity contribution in [1.29, 1.82) is 0 Å². The van der Waals surface area contributed by atoms with E-state index in [-0.39, 0.29) is 6.42 Å². The zero-order valence-electron chi connectivity index (χ0n) is 19.9. The van der Waals surface area contributed by atoms with Gasteiger partial charge in [-0.25, -0.2) is 9.36 Å². The summed E-state index contributed by atoms with van der Waals surface area (Å²) < 4.78 is 25.0. The Labute approximate surface area is 202 Å². The van der Waals surface area contributed by atoms with E-state index in [2.05, 4.69) is 52.9 Å². The van der Waals surface area contributed by atoms with Crippen LogP contribution in [0.4, 0.5) is 0 Å². The molecular weight excluding hydrogens is 459 g/mol. The fourth-order valence-electron chi connectivity index (χ4n) is 2.63. The lowest BCUT2D eigenvalue weighted by molar-refractivity contribution is -0.189. The highest BCUT2D eigenvalue weighted by molar-refractivity contribution is 7.46. The first-order valence-electron chi connectivity index (χ1n) is 11.3. The van der Waals surface area contributed by atoms with Crippen LogP contribution in [0.1, 0.15) is 84.5 Å². The number of phosphoric ester groups is 1. The number of rotatable bonds is 16. The number of ether oxygens (including phenoxy) is 2. The summed E-state index contributed by atoms with van der Waals surface area (Å²) in [5.41, 5.74) is 0. The van der Waals surface area contributed by atoms with Crippen LogP contribution in [-0.4, -0.2) is 34.6 Å². The third kappa shape index (κ3) is 22.5. The average molecular weight is 493 g/mol. The van der Waals surface area contributed by atoms with Gasteiger partial charge in [-0.3, -0.25) is 9.32 Å². The van der Waals surface area contributed by atoms with Gasteiger partial charge in [0.15, 0.2) is 0 Å². The van der Waals surface area contributed by atoms with Gasteiger partial charge in [0.2, 0.25) is 0 Å². The minimum absolute atomic E-state index is 0.0803. The molecule has 186 valence electrons. The number of phosphoric acid groups is 1. The Morgan fingerprint density at radius 3 is 1.88 bits per heavy atom. The van der Waals surface area contributed by atoms with Crippen LogP contribution < -0.4 is 0 Å². The van der Waals surface area contributed by atoms with Crippen LogP contribution in [0.15, 0.2) is 0 Å². The summed E-state index contributed by atoms with van der Waals surface area (Å²) in [4.78, 5) is 41.5. The smallest absolute Gasteiger partial charge is 0.422 e. The Balaban J connectivity index is 4.44. The van der Waals surface area contributed by atoms with E-state index in [9.17, 15) is 14.2 Å². The second-order valence-electron chi connectivity index (χ2n) is 7.17. The van der Waals surface area contributed by atoms with Crippen molar-refractivity contribution in [3.63, 3.8) is 0 Å².